The Morgan fingerprint density at radius 1 is 0.886 bits per heavy atom. The molecule has 0 spiro atoms. The Morgan fingerprint density at radius 2 is 1.54 bits per heavy atom. The summed E-state index contributed by atoms with van der Waals surface area (Å²) in [5.74, 6) is 1.68. The Morgan fingerprint density at radius 3 is 2.17 bits per heavy atom. The molecule has 1 amide bonds. The molecule has 3 rings (SSSR count). The molecular weight excluding hydrogens is 460 g/mol. The summed E-state index contributed by atoms with van der Waals surface area (Å²) in [4.78, 5) is 16.9. The van der Waals surface area contributed by atoms with Crippen LogP contribution in [0.1, 0.15) is 29.8 Å². The Kier molecular flexibility index (Phi) is 9.09. The maximum absolute atomic E-state index is 13.4. The zero-order valence-corrected chi connectivity index (χ0v) is 21.7. The fraction of sp³-hybridized carbons (Fsp3) is 0.286. The van der Waals surface area contributed by atoms with E-state index in [-0.39, 0.29) is 5.91 Å². The van der Waals surface area contributed by atoms with Gasteiger partial charge in [0.1, 0.15) is 23.9 Å². The van der Waals surface area contributed by atoms with Crippen molar-refractivity contribution in [2.45, 2.75) is 20.5 Å². The molecule has 35 heavy (non-hydrogen) atoms. The van der Waals surface area contributed by atoms with Gasteiger partial charge in [-0.05, 0) is 67.5 Å². The fourth-order valence-corrected chi connectivity index (χ4v) is 3.66. The number of hydrogen-bond donors (Lipinski definition) is 0. The van der Waals surface area contributed by atoms with Gasteiger partial charge in [0.2, 0.25) is 0 Å². The number of nitrogens with zero attached hydrogens (tertiary/aromatic N) is 2. The van der Waals surface area contributed by atoms with Crippen molar-refractivity contribution in [2.24, 2.45) is 0 Å². The molecular formula is C28H32N2O4S. The predicted octanol–water partition coefficient (Wildman–Crippen LogP) is 5.65. The topological polar surface area (TPSA) is 51.2 Å². The number of rotatable bonds is 9. The van der Waals surface area contributed by atoms with Gasteiger partial charge in [-0.3, -0.25) is 4.79 Å². The van der Waals surface area contributed by atoms with Gasteiger partial charge in [-0.25, -0.2) is 0 Å². The molecule has 0 heterocycles. The van der Waals surface area contributed by atoms with Gasteiger partial charge in [-0.2, -0.15) is 0 Å². The quantitative estimate of drug-likeness (QED) is 0.360. The summed E-state index contributed by atoms with van der Waals surface area (Å²) in [6, 6.07) is 21.0. The zero-order valence-electron chi connectivity index (χ0n) is 20.9. The molecule has 0 N–H and O–H groups in total. The van der Waals surface area contributed by atoms with Crippen molar-refractivity contribution in [3.05, 3.63) is 77.9 Å². The second-order valence-electron chi connectivity index (χ2n) is 8.08. The van der Waals surface area contributed by atoms with Crippen molar-refractivity contribution in [1.82, 2.24) is 9.80 Å². The van der Waals surface area contributed by atoms with Crippen LogP contribution in [-0.4, -0.2) is 55.2 Å². The van der Waals surface area contributed by atoms with Crippen LogP contribution in [0.2, 0.25) is 0 Å². The van der Waals surface area contributed by atoms with E-state index in [1.807, 2.05) is 88.6 Å². The van der Waals surface area contributed by atoms with Crippen LogP contribution in [0.5, 0.6) is 17.2 Å². The Hall–Kier alpha value is -3.58. The third kappa shape index (κ3) is 6.51. The minimum atomic E-state index is -0.0746. The molecule has 184 valence electrons. The van der Waals surface area contributed by atoms with E-state index < -0.39 is 0 Å². The number of benzene rings is 3. The second-order valence-corrected chi connectivity index (χ2v) is 8.43. The number of methoxy groups -OCH3 is 1. The molecule has 0 saturated heterocycles. The van der Waals surface area contributed by atoms with Gasteiger partial charge < -0.3 is 24.0 Å². The molecule has 0 aromatic heterocycles. The minimum Gasteiger partial charge on any atom is -0.497 e. The minimum absolute atomic E-state index is 0.0746. The molecule has 7 heteroatoms. The number of amides is 1. The molecule has 0 fully saturated rings. The van der Waals surface area contributed by atoms with Crippen molar-refractivity contribution < 1.29 is 19.0 Å². The smallest absolute Gasteiger partial charge is 0.264 e. The molecule has 0 aliphatic heterocycles. The van der Waals surface area contributed by atoms with Gasteiger partial charge in [-0.1, -0.05) is 30.3 Å². The molecule has 0 saturated carbocycles. The van der Waals surface area contributed by atoms with Crippen LogP contribution in [0.25, 0.3) is 11.1 Å². The van der Waals surface area contributed by atoms with E-state index in [0.29, 0.717) is 47.7 Å². The average Bonchev–Trinajstić information content (AvgIpc) is 2.88. The van der Waals surface area contributed by atoms with Crippen LogP contribution in [0.15, 0.2) is 66.7 Å². The molecule has 3 aromatic carbocycles. The van der Waals surface area contributed by atoms with Crippen molar-refractivity contribution in [3.8, 4) is 28.4 Å². The molecule has 3 aromatic rings. The van der Waals surface area contributed by atoms with E-state index in [1.165, 1.54) is 0 Å². The lowest BCUT2D eigenvalue weighted by atomic mass is 9.97. The molecule has 0 radical (unpaired) electrons. The number of ether oxygens (including phenoxy) is 3. The first-order valence-corrected chi connectivity index (χ1v) is 12.0. The van der Waals surface area contributed by atoms with Crippen LogP contribution in [0, 0.1) is 0 Å². The molecule has 6 nitrogen and oxygen atoms in total. The highest BCUT2D eigenvalue weighted by Crippen LogP contribution is 2.37. The second kappa shape index (κ2) is 12.2. The van der Waals surface area contributed by atoms with Crippen molar-refractivity contribution in [2.75, 3.05) is 34.3 Å². The van der Waals surface area contributed by atoms with Gasteiger partial charge in [0, 0.05) is 38.8 Å². The molecule has 0 aliphatic carbocycles. The standard InChI is InChI=1S/C28H32N2O4S/c1-6-30(7-2)27(31)25-17-21(32-5)13-15-23(25)24-16-14-22(18-26(24)34-28(35)29(3)4)33-19-20-11-9-8-10-12-20/h8-18H,6-7,19H2,1-5H3. The fourth-order valence-electron chi connectivity index (χ4n) is 3.57. The van der Waals surface area contributed by atoms with Gasteiger partial charge in [-0.15, -0.1) is 0 Å². The van der Waals surface area contributed by atoms with E-state index in [9.17, 15) is 4.79 Å². The SMILES string of the molecule is CCN(CC)C(=O)c1cc(OC)ccc1-c1ccc(OCc2ccccc2)cc1OC(=S)N(C)C. The van der Waals surface area contributed by atoms with Crippen molar-refractivity contribution in [1.29, 1.82) is 0 Å². The average molecular weight is 493 g/mol. The van der Waals surface area contributed by atoms with E-state index >= 15 is 0 Å². The Labute approximate surface area is 213 Å². The summed E-state index contributed by atoms with van der Waals surface area (Å²) in [7, 11) is 5.23. The summed E-state index contributed by atoms with van der Waals surface area (Å²) in [6.45, 7) is 5.55. The van der Waals surface area contributed by atoms with Crippen LogP contribution in [-0.2, 0) is 6.61 Å². The van der Waals surface area contributed by atoms with Crippen LogP contribution in [0.4, 0.5) is 0 Å². The lowest BCUT2D eigenvalue weighted by Gasteiger charge is -2.22. The van der Waals surface area contributed by atoms with E-state index in [2.05, 4.69) is 0 Å². The number of hydrogen-bond acceptors (Lipinski definition) is 5. The van der Waals surface area contributed by atoms with E-state index in [4.69, 9.17) is 26.4 Å². The molecule has 0 unspecified atom stereocenters. The summed E-state index contributed by atoms with van der Waals surface area (Å²) >= 11 is 5.42. The van der Waals surface area contributed by atoms with Crippen LogP contribution < -0.4 is 14.2 Å². The first-order valence-electron chi connectivity index (χ1n) is 11.6. The largest absolute Gasteiger partial charge is 0.497 e. The van der Waals surface area contributed by atoms with Gasteiger partial charge in [0.25, 0.3) is 11.1 Å². The predicted molar refractivity (Wildman–Crippen MR) is 143 cm³/mol. The lowest BCUT2D eigenvalue weighted by Crippen LogP contribution is -2.31. The van der Waals surface area contributed by atoms with E-state index in [0.717, 1.165) is 16.7 Å². The van der Waals surface area contributed by atoms with Gasteiger partial charge in [0.15, 0.2) is 0 Å². The third-order valence-electron chi connectivity index (χ3n) is 5.56. The van der Waals surface area contributed by atoms with Crippen molar-refractivity contribution in [3.63, 3.8) is 0 Å². The summed E-state index contributed by atoms with van der Waals surface area (Å²) in [6.07, 6.45) is 0. The highest BCUT2D eigenvalue weighted by atomic mass is 32.1. The Balaban J connectivity index is 2.06. The summed E-state index contributed by atoms with van der Waals surface area (Å²) < 4.78 is 17.5. The summed E-state index contributed by atoms with van der Waals surface area (Å²) in [5, 5.41) is 0.302. The monoisotopic (exact) mass is 492 g/mol. The number of carbonyl (C=O) groups is 1. The number of thiocarbonyl (C=S) groups is 1. The zero-order chi connectivity index (χ0) is 25.4. The number of carbonyl (C=O) groups excluding carboxylic acids is 1. The van der Waals surface area contributed by atoms with Gasteiger partial charge in [0.05, 0.1) is 12.7 Å². The molecule has 0 atom stereocenters. The highest BCUT2D eigenvalue weighted by molar-refractivity contribution is 7.80. The normalized spacial score (nSPS) is 10.4. The van der Waals surface area contributed by atoms with Crippen molar-refractivity contribution >= 4 is 23.3 Å². The highest BCUT2D eigenvalue weighted by Gasteiger charge is 2.22. The van der Waals surface area contributed by atoms with Crippen LogP contribution >= 0.6 is 12.2 Å². The maximum atomic E-state index is 13.4. The Bertz CT molecular complexity index is 1160. The molecule has 0 aliphatic rings. The maximum Gasteiger partial charge on any atom is 0.264 e. The van der Waals surface area contributed by atoms with Crippen LogP contribution in [0.3, 0.4) is 0 Å². The van der Waals surface area contributed by atoms with E-state index in [1.54, 1.807) is 23.0 Å². The first kappa shape index (κ1) is 26.0. The lowest BCUT2D eigenvalue weighted by molar-refractivity contribution is 0.0773. The molecule has 0 bridgehead atoms. The van der Waals surface area contributed by atoms with Gasteiger partial charge >= 0.3 is 0 Å². The summed E-state index contributed by atoms with van der Waals surface area (Å²) in [5.41, 5.74) is 3.06. The first-order chi connectivity index (χ1) is 16.9. The third-order valence-corrected chi connectivity index (χ3v) is 6.01.